The lowest BCUT2D eigenvalue weighted by Crippen LogP contribution is -2.52. The number of amides is 2. The first-order valence-electron chi connectivity index (χ1n) is 13.9. The highest BCUT2D eigenvalue weighted by Gasteiger charge is 2.39. The Kier molecular flexibility index (Phi) is 9.81. The average molecular weight is 587 g/mol. The Morgan fingerprint density at radius 3 is 2.56 bits per heavy atom. The summed E-state index contributed by atoms with van der Waals surface area (Å²) in [5.41, 5.74) is 5.61. The minimum absolute atomic E-state index is 0.0171. The Morgan fingerprint density at radius 1 is 1.15 bits per heavy atom. The molecule has 222 valence electrons. The van der Waals surface area contributed by atoms with E-state index < -0.39 is 40.3 Å². The molecular weight excluding hydrogens is 548 g/mol. The molecule has 1 aliphatic carbocycles. The van der Waals surface area contributed by atoms with Crippen LogP contribution in [0.5, 0.6) is 0 Å². The average Bonchev–Trinajstić information content (AvgIpc) is 3.79. The number of hydrogen-bond donors (Lipinski definition) is 4. The van der Waals surface area contributed by atoms with Gasteiger partial charge in [-0.25, -0.2) is 8.42 Å². The first kappa shape index (κ1) is 30.3. The predicted octanol–water partition coefficient (Wildman–Crippen LogP) is 1.15. The van der Waals surface area contributed by atoms with Crippen LogP contribution < -0.4 is 15.8 Å². The smallest absolute Gasteiger partial charge is 0.325 e. The number of nitrogens with two attached hydrogens (primary N) is 1. The monoisotopic (exact) mass is 586 g/mol. The van der Waals surface area contributed by atoms with Gasteiger partial charge in [0.15, 0.2) is 5.96 Å². The second-order valence-electron chi connectivity index (χ2n) is 10.5. The maximum absolute atomic E-state index is 13.7. The topological polar surface area (TPSA) is 175 Å². The summed E-state index contributed by atoms with van der Waals surface area (Å²) in [6, 6.07) is 10.3. The van der Waals surface area contributed by atoms with E-state index in [4.69, 9.17) is 15.9 Å². The minimum Gasteiger partial charge on any atom is -0.465 e. The molecule has 1 heterocycles. The van der Waals surface area contributed by atoms with E-state index in [0.29, 0.717) is 37.9 Å². The number of sulfonamides is 1. The summed E-state index contributed by atoms with van der Waals surface area (Å²) >= 11 is 0. The summed E-state index contributed by atoms with van der Waals surface area (Å²) in [7, 11) is -4.21. The third-order valence-electron chi connectivity index (χ3n) is 7.34. The second kappa shape index (κ2) is 13.3. The summed E-state index contributed by atoms with van der Waals surface area (Å²) in [5.74, 6) is -1.71. The number of guanidine groups is 1. The van der Waals surface area contributed by atoms with E-state index in [1.807, 2.05) is 12.1 Å². The summed E-state index contributed by atoms with van der Waals surface area (Å²) in [6.45, 7) is 3.00. The van der Waals surface area contributed by atoms with Gasteiger partial charge < -0.3 is 25.6 Å². The normalized spacial score (nSPS) is 18.0. The molecule has 5 N–H and O–H groups in total. The fraction of sp³-hybridized carbons (Fsp3) is 0.500. The fourth-order valence-electron chi connectivity index (χ4n) is 5.05. The van der Waals surface area contributed by atoms with E-state index in [2.05, 4.69) is 10.0 Å². The molecule has 1 saturated carbocycles. The standard InChI is InChI=1S/C28H38N6O6S/c1-2-40-26(36)18-34(22-10-11-22)27(37)24(15-25(35)31-16-19-6-5-13-33(17-19)28(29)30)32-41(38,39)23-12-9-20-7-3-4-8-21(20)14-23/h3-4,7-9,12,14,19,22,24,32H,2,5-6,10-11,13,15-18H2,1H3,(H3,29,30)(H,31,35)/t19-,24+/m0/s1. The molecule has 1 aliphatic heterocycles. The number of nitrogens with zero attached hydrogens (tertiary/aromatic N) is 2. The highest BCUT2D eigenvalue weighted by atomic mass is 32.2. The van der Waals surface area contributed by atoms with Crippen LogP contribution in [-0.2, 0) is 29.1 Å². The Morgan fingerprint density at radius 2 is 1.88 bits per heavy atom. The highest BCUT2D eigenvalue weighted by Crippen LogP contribution is 2.28. The molecule has 4 rings (SSSR count). The lowest BCUT2D eigenvalue weighted by atomic mass is 9.98. The summed E-state index contributed by atoms with van der Waals surface area (Å²) in [5, 5.41) is 12.1. The number of nitrogens with one attached hydrogen (secondary N) is 3. The lowest BCUT2D eigenvalue weighted by Gasteiger charge is -2.33. The molecule has 0 bridgehead atoms. The van der Waals surface area contributed by atoms with Crippen LogP contribution in [0.3, 0.4) is 0 Å². The molecule has 1 saturated heterocycles. The molecule has 41 heavy (non-hydrogen) atoms. The molecule has 13 heteroatoms. The van der Waals surface area contributed by atoms with E-state index in [9.17, 15) is 22.8 Å². The van der Waals surface area contributed by atoms with Gasteiger partial charge in [-0.05, 0) is 61.4 Å². The predicted molar refractivity (Wildman–Crippen MR) is 153 cm³/mol. The van der Waals surface area contributed by atoms with Crippen molar-refractivity contribution in [1.29, 1.82) is 5.41 Å². The van der Waals surface area contributed by atoms with Crippen molar-refractivity contribution in [3.63, 3.8) is 0 Å². The van der Waals surface area contributed by atoms with E-state index in [0.717, 1.165) is 18.2 Å². The zero-order chi connectivity index (χ0) is 29.6. The zero-order valence-corrected chi connectivity index (χ0v) is 24.0. The third kappa shape index (κ3) is 8.17. The molecule has 2 atom stereocenters. The van der Waals surface area contributed by atoms with Crippen molar-refractivity contribution in [3.8, 4) is 0 Å². The maximum Gasteiger partial charge on any atom is 0.325 e. The number of esters is 1. The Bertz CT molecular complexity index is 1400. The van der Waals surface area contributed by atoms with Crippen molar-refractivity contribution in [3.05, 3.63) is 42.5 Å². The van der Waals surface area contributed by atoms with Crippen molar-refractivity contribution in [2.24, 2.45) is 11.7 Å². The first-order valence-corrected chi connectivity index (χ1v) is 15.4. The van der Waals surface area contributed by atoms with Crippen LogP contribution in [0.25, 0.3) is 10.8 Å². The molecule has 2 aromatic carbocycles. The van der Waals surface area contributed by atoms with Gasteiger partial charge in [-0.1, -0.05) is 30.3 Å². The quantitative estimate of drug-likeness (QED) is 0.163. The molecule has 12 nitrogen and oxygen atoms in total. The Balaban J connectivity index is 1.51. The molecule has 2 amide bonds. The number of rotatable bonds is 12. The summed E-state index contributed by atoms with van der Waals surface area (Å²) in [4.78, 5) is 42.0. The van der Waals surface area contributed by atoms with E-state index in [1.165, 1.54) is 17.0 Å². The van der Waals surface area contributed by atoms with Crippen LogP contribution in [0.15, 0.2) is 47.4 Å². The number of likely N-dealkylation sites (tertiary alicyclic amines) is 1. The Hall–Kier alpha value is -3.71. The molecule has 0 spiro atoms. The van der Waals surface area contributed by atoms with Gasteiger partial charge in [0.1, 0.15) is 12.6 Å². The lowest BCUT2D eigenvalue weighted by molar-refractivity contribution is -0.150. The summed E-state index contributed by atoms with van der Waals surface area (Å²) < 4.78 is 34.4. The van der Waals surface area contributed by atoms with Crippen LogP contribution in [0.2, 0.25) is 0 Å². The van der Waals surface area contributed by atoms with Gasteiger partial charge in [-0.2, -0.15) is 4.72 Å². The molecular formula is C28H38N6O6S. The highest BCUT2D eigenvalue weighted by molar-refractivity contribution is 7.89. The van der Waals surface area contributed by atoms with E-state index in [1.54, 1.807) is 30.0 Å². The van der Waals surface area contributed by atoms with Crippen molar-refractivity contribution in [2.75, 3.05) is 32.8 Å². The molecule has 0 unspecified atom stereocenters. The van der Waals surface area contributed by atoms with Crippen molar-refractivity contribution in [2.45, 2.75) is 56.0 Å². The molecule has 2 fully saturated rings. The largest absolute Gasteiger partial charge is 0.465 e. The number of benzene rings is 2. The molecule has 0 radical (unpaired) electrons. The van der Waals surface area contributed by atoms with E-state index >= 15 is 0 Å². The van der Waals surface area contributed by atoms with Gasteiger partial charge in [-0.3, -0.25) is 19.8 Å². The maximum atomic E-state index is 13.7. The number of ether oxygens (including phenoxy) is 1. The number of hydrogen-bond acceptors (Lipinski definition) is 7. The van der Waals surface area contributed by atoms with Crippen molar-refractivity contribution >= 4 is 44.5 Å². The van der Waals surface area contributed by atoms with Gasteiger partial charge >= 0.3 is 5.97 Å². The molecule has 2 aromatic rings. The van der Waals surface area contributed by atoms with Crippen molar-refractivity contribution < 1.29 is 27.5 Å². The van der Waals surface area contributed by atoms with Gasteiger partial charge in [0.05, 0.1) is 17.9 Å². The zero-order valence-electron chi connectivity index (χ0n) is 23.2. The number of carbonyl (C=O) groups is 3. The SMILES string of the molecule is CCOC(=O)CN(C(=O)[C@@H](CC(=O)NC[C@@H]1CCCN(C(=N)N)C1)NS(=O)(=O)c1ccc2ccccc2c1)C1CC1. The van der Waals surface area contributed by atoms with Crippen LogP contribution in [0.1, 0.15) is 39.0 Å². The van der Waals surface area contributed by atoms with Gasteiger partial charge in [0.25, 0.3) is 0 Å². The number of piperidine rings is 1. The number of carbonyl (C=O) groups excluding carboxylic acids is 3. The number of fused-ring (bicyclic) bond motifs is 1. The van der Waals surface area contributed by atoms with Crippen LogP contribution >= 0.6 is 0 Å². The molecule has 2 aliphatic rings. The Labute approximate surface area is 240 Å². The fourth-order valence-corrected chi connectivity index (χ4v) is 6.28. The van der Waals surface area contributed by atoms with Crippen LogP contribution in [0.4, 0.5) is 0 Å². The van der Waals surface area contributed by atoms with Gasteiger partial charge in [-0.15, -0.1) is 0 Å². The minimum atomic E-state index is -4.21. The van der Waals surface area contributed by atoms with Gasteiger partial charge in [0, 0.05) is 25.7 Å². The van der Waals surface area contributed by atoms with Crippen molar-refractivity contribution in [1.82, 2.24) is 19.8 Å². The first-order chi connectivity index (χ1) is 19.6. The second-order valence-corrected chi connectivity index (χ2v) is 12.2. The molecule has 0 aromatic heterocycles. The third-order valence-corrected chi connectivity index (χ3v) is 8.81. The van der Waals surface area contributed by atoms with Gasteiger partial charge in [0.2, 0.25) is 21.8 Å². The van der Waals surface area contributed by atoms with Crippen LogP contribution in [-0.4, -0.2) is 86.8 Å². The van der Waals surface area contributed by atoms with E-state index in [-0.39, 0.29) is 36.0 Å². The summed E-state index contributed by atoms with van der Waals surface area (Å²) in [6.07, 6.45) is 2.58. The van der Waals surface area contributed by atoms with Crippen LogP contribution in [0, 0.1) is 11.3 Å².